The van der Waals surface area contributed by atoms with Crippen molar-refractivity contribution in [1.82, 2.24) is 20.5 Å². The Morgan fingerprint density at radius 2 is 2.50 bits per heavy atom. The number of rotatable bonds is 3. The number of nitrogens with one attached hydrogen (secondary N) is 2. The number of fused-ring (bicyclic) bond motifs is 1. The minimum Gasteiger partial charge on any atom is -0.385 e. The highest BCUT2D eigenvalue weighted by atomic mass is 16.3. The second kappa shape index (κ2) is 3.73. The minimum absolute atomic E-state index is 0.500. The molecule has 14 heavy (non-hydrogen) atoms. The van der Waals surface area contributed by atoms with E-state index in [1.807, 2.05) is 6.07 Å². The molecular formula is C9H12N4O. The van der Waals surface area contributed by atoms with Crippen molar-refractivity contribution in [3.05, 3.63) is 24.2 Å². The summed E-state index contributed by atoms with van der Waals surface area (Å²) in [5.74, 6) is 0. The van der Waals surface area contributed by atoms with Gasteiger partial charge in [-0.05, 0) is 13.1 Å². The van der Waals surface area contributed by atoms with Crippen LogP contribution in [0.4, 0.5) is 0 Å². The molecule has 0 fully saturated rings. The lowest BCUT2D eigenvalue weighted by Crippen LogP contribution is -2.17. The molecule has 0 aliphatic rings. The van der Waals surface area contributed by atoms with Gasteiger partial charge in [0.2, 0.25) is 0 Å². The lowest BCUT2D eigenvalue weighted by molar-refractivity contribution is 0.174. The Labute approximate surface area is 81.2 Å². The molecule has 2 heterocycles. The van der Waals surface area contributed by atoms with Crippen molar-refractivity contribution in [2.75, 3.05) is 13.6 Å². The fourth-order valence-electron chi connectivity index (χ4n) is 1.43. The molecule has 3 N–H and O–H groups in total. The van der Waals surface area contributed by atoms with Gasteiger partial charge in [-0.2, -0.15) is 5.10 Å². The van der Waals surface area contributed by atoms with Gasteiger partial charge >= 0.3 is 0 Å². The summed E-state index contributed by atoms with van der Waals surface area (Å²) in [5.41, 5.74) is 1.51. The molecule has 5 nitrogen and oxygen atoms in total. The van der Waals surface area contributed by atoms with E-state index in [2.05, 4.69) is 20.5 Å². The van der Waals surface area contributed by atoms with Gasteiger partial charge in [-0.25, -0.2) is 0 Å². The maximum Gasteiger partial charge on any atom is 0.111 e. The number of aliphatic hydroxyl groups excluding tert-OH is 1. The molecule has 74 valence electrons. The Hall–Kier alpha value is -1.46. The molecule has 5 heteroatoms. The van der Waals surface area contributed by atoms with Crippen LogP contribution in [0.25, 0.3) is 10.9 Å². The Kier molecular flexibility index (Phi) is 2.43. The van der Waals surface area contributed by atoms with Gasteiger partial charge < -0.3 is 10.4 Å². The van der Waals surface area contributed by atoms with Crippen LogP contribution >= 0.6 is 0 Å². The highest BCUT2D eigenvalue weighted by Crippen LogP contribution is 2.19. The molecule has 0 amide bonds. The Morgan fingerprint density at radius 3 is 3.29 bits per heavy atom. The molecule has 2 aromatic heterocycles. The van der Waals surface area contributed by atoms with E-state index in [1.54, 1.807) is 19.4 Å². The van der Waals surface area contributed by atoms with Gasteiger partial charge in [-0.1, -0.05) is 0 Å². The van der Waals surface area contributed by atoms with E-state index in [1.165, 1.54) is 0 Å². The van der Waals surface area contributed by atoms with Crippen molar-refractivity contribution in [2.24, 2.45) is 0 Å². The summed E-state index contributed by atoms with van der Waals surface area (Å²) in [6, 6.07) is 1.84. The number of aliphatic hydroxyl groups is 1. The Morgan fingerprint density at radius 1 is 1.64 bits per heavy atom. The predicted molar refractivity (Wildman–Crippen MR) is 52.8 cm³/mol. The number of hydrogen-bond donors (Lipinski definition) is 3. The summed E-state index contributed by atoms with van der Waals surface area (Å²) in [5, 5.41) is 20.4. The lowest BCUT2D eigenvalue weighted by Gasteiger charge is -2.07. The van der Waals surface area contributed by atoms with Crippen LogP contribution in [-0.2, 0) is 0 Å². The molecule has 0 aliphatic heterocycles. The smallest absolute Gasteiger partial charge is 0.111 e. The maximum atomic E-state index is 9.75. The van der Waals surface area contributed by atoms with E-state index in [0.29, 0.717) is 6.54 Å². The summed E-state index contributed by atoms with van der Waals surface area (Å²) < 4.78 is 0. The fourth-order valence-corrected chi connectivity index (χ4v) is 1.43. The van der Waals surface area contributed by atoms with Crippen molar-refractivity contribution in [2.45, 2.75) is 6.10 Å². The van der Waals surface area contributed by atoms with E-state index < -0.39 is 6.10 Å². The van der Waals surface area contributed by atoms with Gasteiger partial charge in [0.05, 0.1) is 11.9 Å². The van der Waals surface area contributed by atoms with Gasteiger partial charge in [0.15, 0.2) is 0 Å². The Balaban J connectivity index is 2.42. The summed E-state index contributed by atoms with van der Waals surface area (Å²) >= 11 is 0. The second-order valence-corrected chi connectivity index (χ2v) is 3.10. The minimum atomic E-state index is -0.563. The van der Waals surface area contributed by atoms with Crippen LogP contribution in [-0.4, -0.2) is 33.9 Å². The van der Waals surface area contributed by atoms with Crippen LogP contribution in [0, 0.1) is 0 Å². The van der Waals surface area contributed by atoms with Crippen molar-refractivity contribution < 1.29 is 5.11 Å². The van der Waals surface area contributed by atoms with Gasteiger partial charge in [0.25, 0.3) is 0 Å². The van der Waals surface area contributed by atoms with Crippen molar-refractivity contribution in [3.63, 3.8) is 0 Å². The maximum absolute atomic E-state index is 9.75. The number of likely N-dealkylation sites (N-methyl/N-ethyl adjacent to an activating group) is 1. The monoisotopic (exact) mass is 192 g/mol. The molecule has 0 saturated heterocycles. The number of pyridine rings is 1. The predicted octanol–water partition coefficient (Wildman–Crippen LogP) is 0.211. The molecule has 0 aliphatic carbocycles. The zero-order chi connectivity index (χ0) is 9.97. The normalized spacial score (nSPS) is 13.3. The molecule has 2 aromatic rings. The fraction of sp³-hybridized carbons (Fsp3) is 0.333. The van der Waals surface area contributed by atoms with Gasteiger partial charge in [-0.3, -0.25) is 10.1 Å². The summed E-state index contributed by atoms with van der Waals surface area (Å²) in [7, 11) is 1.79. The zero-order valence-corrected chi connectivity index (χ0v) is 7.86. The van der Waals surface area contributed by atoms with Crippen LogP contribution < -0.4 is 5.32 Å². The van der Waals surface area contributed by atoms with E-state index in [4.69, 9.17) is 0 Å². The molecule has 0 bridgehead atoms. The molecule has 0 saturated carbocycles. The topological polar surface area (TPSA) is 73.8 Å². The molecule has 1 unspecified atom stereocenters. The zero-order valence-electron chi connectivity index (χ0n) is 7.86. The van der Waals surface area contributed by atoms with Gasteiger partial charge in [0.1, 0.15) is 11.6 Å². The second-order valence-electron chi connectivity index (χ2n) is 3.10. The molecule has 1 atom stereocenters. The molecule has 0 radical (unpaired) electrons. The average molecular weight is 192 g/mol. The molecular weight excluding hydrogens is 180 g/mol. The summed E-state index contributed by atoms with van der Waals surface area (Å²) in [4.78, 5) is 3.95. The number of nitrogens with zero attached hydrogens (tertiary/aromatic N) is 2. The number of H-pyrrole nitrogens is 1. The number of hydrogen-bond acceptors (Lipinski definition) is 4. The standard InChI is InChI=1S/C9H12N4O/c1-10-5-8(14)9-6-2-3-11-4-7(6)12-13-9/h2-4,8,10,14H,5H2,1H3,(H,12,13). The van der Waals surface area contributed by atoms with Crippen LogP contribution in [0.15, 0.2) is 18.5 Å². The third-order valence-corrected chi connectivity index (χ3v) is 2.12. The third-order valence-electron chi connectivity index (χ3n) is 2.12. The number of aromatic amines is 1. The van der Waals surface area contributed by atoms with E-state index >= 15 is 0 Å². The molecule has 0 aromatic carbocycles. The van der Waals surface area contributed by atoms with Gasteiger partial charge in [0, 0.05) is 18.1 Å². The number of aromatic nitrogens is 3. The highest BCUT2D eigenvalue weighted by molar-refractivity contribution is 5.80. The quantitative estimate of drug-likeness (QED) is 0.650. The average Bonchev–Trinajstić information content (AvgIpc) is 2.61. The lowest BCUT2D eigenvalue weighted by atomic mass is 10.1. The molecule has 2 rings (SSSR count). The van der Waals surface area contributed by atoms with Crippen molar-refractivity contribution in [3.8, 4) is 0 Å². The largest absolute Gasteiger partial charge is 0.385 e. The first-order valence-corrected chi connectivity index (χ1v) is 4.43. The van der Waals surface area contributed by atoms with E-state index in [0.717, 1.165) is 16.6 Å². The van der Waals surface area contributed by atoms with Crippen LogP contribution in [0.2, 0.25) is 0 Å². The van der Waals surface area contributed by atoms with E-state index in [9.17, 15) is 5.11 Å². The van der Waals surface area contributed by atoms with Crippen molar-refractivity contribution in [1.29, 1.82) is 0 Å². The first-order valence-electron chi connectivity index (χ1n) is 4.43. The van der Waals surface area contributed by atoms with E-state index in [-0.39, 0.29) is 0 Å². The summed E-state index contributed by atoms with van der Waals surface area (Å²) in [6.45, 7) is 0.500. The van der Waals surface area contributed by atoms with Crippen LogP contribution in [0.5, 0.6) is 0 Å². The van der Waals surface area contributed by atoms with Crippen LogP contribution in [0.1, 0.15) is 11.8 Å². The highest BCUT2D eigenvalue weighted by Gasteiger charge is 2.12. The van der Waals surface area contributed by atoms with Crippen LogP contribution in [0.3, 0.4) is 0 Å². The first kappa shape index (κ1) is 9.11. The Bertz CT molecular complexity index is 425. The molecule has 0 spiro atoms. The first-order chi connectivity index (χ1) is 6.83. The van der Waals surface area contributed by atoms with Gasteiger partial charge in [-0.15, -0.1) is 0 Å². The summed E-state index contributed by atoms with van der Waals surface area (Å²) in [6.07, 6.45) is 2.79. The SMILES string of the molecule is CNCC(O)c1[nH]nc2cnccc12. The van der Waals surface area contributed by atoms with Crippen molar-refractivity contribution >= 4 is 10.9 Å². The third kappa shape index (κ3) is 1.47.